The highest BCUT2D eigenvalue weighted by Crippen LogP contribution is 2.20. The second-order valence-corrected chi connectivity index (χ2v) is 4.17. The molecular formula is C15H21NO4. The monoisotopic (exact) mass is 279 g/mol. The molecule has 0 saturated heterocycles. The fourth-order valence-corrected chi connectivity index (χ4v) is 1.64. The standard InChI is InChI=1S/C15H21NO4/c1-4-11-19-14(17)12-9-7-8-10-13(12)20-15(18)16(5-2)6-3/h7-10H,4-6,11H2,1-3H3. The summed E-state index contributed by atoms with van der Waals surface area (Å²) in [7, 11) is 0. The van der Waals surface area contributed by atoms with E-state index in [1.807, 2.05) is 20.8 Å². The minimum atomic E-state index is -0.477. The molecule has 5 heteroatoms. The molecule has 1 aromatic rings. The maximum absolute atomic E-state index is 11.9. The number of hydrogen-bond acceptors (Lipinski definition) is 4. The van der Waals surface area contributed by atoms with Gasteiger partial charge >= 0.3 is 12.1 Å². The Hall–Kier alpha value is -2.04. The summed E-state index contributed by atoms with van der Waals surface area (Å²) < 4.78 is 10.3. The lowest BCUT2D eigenvalue weighted by atomic mass is 10.2. The van der Waals surface area contributed by atoms with E-state index in [0.717, 1.165) is 6.42 Å². The third-order valence-electron chi connectivity index (χ3n) is 2.76. The summed E-state index contributed by atoms with van der Waals surface area (Å²) in [5.41, 5.74) is 0.265. The normalized spacial score (nSPS) is 9.95. The van der Waals surface area contributed by atoms with Crippen molar-refractivity contribution >= 4 is 12.1 Å². The van der Waals surface area contributed by atoms with Crippen LogP contribution in [0, 0.1) is 0 Å². The van der Waals surface area contributed by atoms with Gasteiger partial charge in [-0.05, 0) is 32.4 Å². The minimum Gasteiger partial charge on any atom is -0.462 e. The van der Waals surface area contributed by atoms with Crippen LogP contribution in [0.4, 0.5) is 4.79 Å². The van der Waals surface area contributed by atoms with E-state index in [1.165, 1.54) is 4.90 Å². The first-order chi connectivity index (χ1) is 9.63. The van der Waals surface area contributed by atoms with Gasteiger partial charge in [0.05, 0.1) is 6.61 Å². The van der Waals surface area contributed by atoms with Gasteiger partial charge in [-0.15, -0.1) is 0 Å². The van der Waals surface area contributed by atoms with Crippen molar-refractivity contribution in [1.82, 2.24) is 4.90 Å². The number of ether oxygens (including phenoxy) is 2. The van der Waals surface area contributed by atoms with E-state index in [9.17, 15) is 9.59 Å². The van der Waals surface area contributed by atoms with Crippen molar-refractivity contribution in [3.8, 4) is 5.75 Å². The van der Waals surface area contributed by atoms with Crippen molar-refractivity contribution in [2.24, 2.45) is 0 Å². The molecule has 0 aliphatic heterocycles. The van der Waals surface area contributed by atoms with Crippen LogP contribution in [-0.2, 0) is 4.74 Å². The molecule has 0 N–H and O–H groups in total. The Morgan fingerprint density at radius 1 is 1.10 bits per heavy atom. The summed E-state index contributed by atoms with van der Waals surface area (Å²) in [5, 5.41) is 0. The minimum absolute atomic E-state index is 0.227. The van der Waals surface area contributed by atoms with Crippen LogP contribution in [0.25, 0.3) is 0 Å². The molecule has 0 aromatic heterocycles. The van der Waals surface area contributed by atoms with Crippen molar-refractivity contribution in [2.75, 3.05) is 19.7 Å². The van der Waals surface area contributed by atoms with Crippen LogP contribution in [-0.4, -0.2) is 36.7 Å². The van der Waals surface area contributed by atoms with Crippen molar-refractivity contribution in [3.63, 3.8) is 0 Å². The second-order valence-electron chi connectivity index (χ2n) is 4.17. The van der Waals surface area contributed by atoms with Gasteiger partial charge in [0.15, 0.2) is 0 Å². The first-order valence-electron chi connectivity index (χ1n) is 6.86. The number of nitrogens with zero attached hydrogens (tertiary/aromatic N) is 1. The van der Waals surface area contributed by atoms with Crippen LogP contribution in [0.1, 0.15) is 37.6 Å². The molecule has 0 aliphatic carbocycles. The maximum Gasteiger partial charge on any atom is 0.415 e. The van der Waals surface area contributed by atoms with Crippen molar-refractivity contribution in [2.45, 2.75) is 27.2 Å². The average molecular weight is 279 g/mol. The van der Waals surface area contributed by atoms with Crippen LogP contribution < -0.4 is 4.74 Å². The SMILES string of the molecule is CCCOC(=O)c1ccccc1OC(=O)N(CC)CC. The van der Waals surface area contributed by atoms with E-state index in [1.54, 1.807) is 24.3 Å². The lowest BCUT2D eigenvalue weighted by Gasteiger charge is -2.18. The Balaban J connectivity index is 2.85. The third-order valence-corrected chi connectivity index (χ3v) is 2.76. The number of para-hydroxylation sites is 1. The maximum atomic E-state index is 11.9. The molecule has 0 atom stereocenters. The molecule has 0 unspecified atom stereocenters. The topological polar surface area (TPSA) is 55.8 Å². The fourth-order valence-electron chi connectivity index (χ4n) is 1.64. The van der Waals surface area contributed by atoms with Crippen molar-refractivity contribution < 1.29 is 19.1 Å². The van der Waals surface area contributed by atoms with E-state index < -0.39 is 12.1 Å². The van der Waals surface area contributed by atoms with Crippen LogP contribution in [0.15, 0.2) is 24.3 Å². The Morgan fingerprint density at radius 2 is 1.75 bits per heavy atom. The van der Waals surface area contributed by atoms with Crippen LogP contribution in [0.5, 0.6) is 5.75 Å². The smallest absolute Gasteiger partial charge is 0.415 e. The number of esters is 1. The zero-order valence-electron chi connectivity index (χ0n) is 12.2. The summed E-state index contributed by atoms with van der Waals surface area (Å²) in [6.45, 7) is 7.10. The highest BCUT2D eigenvalue weighted by atomic mass is 16.6. The molecule has 110 valence electrons. The third kappa shape index (κ3) is 4.26. The van der Waals surface area contributed by atoms with Crippen LogP contribution >= 0.6 is 0 Å². The average Bonchev–Trinajstić information content (AvgIpc) is 2.46. The van der Waals surface area contributed by atoms with Gasteiger partial charge in [-0.2, -0.15) is 0 Å². The summed E-state index contributed by atoms with van der Waals surface area (Å²) >= 11 is 0. The van der Waals surface area contributed by atoms with Crippen molar-refractivity contribution in [1.29, 1.82) is 0 Å². The van der Waals surface area contributed by atoms with Gasteiger partial charge in [0.2, 0.25) is 0 Å². The highest BCUT2D eigenvalue weighted by molar-refractivity contribution is 5.93. The Morgan fingerprint density at radius 3 is 2.35 bits per heavy atom. The van der Waals surface area contributed by atoms with Gasteiger partial charge in [0.1, 0.15) is 11.3 Å². The van der Waals surface area contributed by atoms with Crippen molar-refractivity contribution in [3.05, 3.63) is 29.8 Å². The van der Waals surface area contributed by atoms with E-state index in [4.69, 9.17) is 9.47 Å². The fraction of sp³-hybridized carbons (Fsp3) is 0.467. The molecule has 0 spiro atoms. The number of benzene rings is 1. The lowest BCUT2D eigenvalue weighted by Crippen LogP contribution is -2.33. The largest absolute Gasteiger partial charge is 0.462 e. The van der Waals surface area contributed by atoms with Gasteiger partial charge in [-0.25, -0.2) is 9.59 Å². The number of rotatable bonds is 6. The first kappa shape index (κ1) is 16.0. The van der Waals surface area contributed by atoms with Gasteiger partial charge in [0.25, 0.3) is 0 Å². The summed E-state index contributed by atoms with van der Waals surface area (Å²) in [4.78, 5) is 25.3. The molecule has 0 fully saturated rings. The van der Waals surface area contributed by atoms with E-state index in [0.29, 0.717) is 19.7 Å². The molecular weight excluding hydrogens is 258 g/mol. The van der Waals surface area contributed by atoms with E-state index in [2.05, 4.69) is 0 Å². The second kappa shape index (κ2) is 8.19. The predicted molar refractivity (Wildman–Crippen MR) is 76.0 cm³/mol. The summed E-state index contributed by atoms with van der Waals surface area (Å²) in [6, 6.07) is 6.59. The first-order valence-corrected chi connectivity index (χ1v) is 6.86. The molecule has 1 aromatic carbocycles. The molecule has 0 heterocycles. The molecule has 0 aliphatic rings. The molecule has 0 radical (unpaired) electrons. The Kier molecular flexibility index (Phi) is 6.56. The Bertz CT molecular complexity index is 455. The van der Waals surface area contributed by atoms with E-state index >= 15 is 0 Å². The van der Waals surface area contributed by atoms with Gasteiger partial charge in [-0.3, -0.25) is 0 Å². The van der Waals surface area contributed by atoms with Gasteiger partial charge in [-0.1, -0.05) is 19.1 Å². The zero-order valence-corrected chi connectivity index (χ0v) is 12.2. The van der Waals surface area contributed by atoms with E-state index in [-0.39, 0.29) is 11.3 Å². The molecule has 0 bridgehead atoms. The van der Waals surface area contributed by atoms with Crippen LogP contribution in [0.2, 0.25) is 0 Å². The number of carbonyl (C=O) groups is 2. The predicted octanol–water partition coefficient (Wildman–Crippen LogP) is 3.09. The molecule has 5 nitrogen and oxygen atoms in total. The number of amides is 1. The number of hydrogen-bond donors (Lipinski definition) is 0. The summed E-state index contributed by atoms with van der Waals surface area (Å²) in [6.07, 6.45) is 0.276. The highest BCUT2D eigenvalue weighted by Gasteiger charge is 2.18. The Labute approximate surface area is 119 Å². The quantitative estimate of drug-likeness (QED) is 0.751. The lowest BCUT2D eigenvalue weighted by molar-refractivity contribution is 0.0501. The molecule has 1 amide bonds. The number of carbonyl (C=O) groups excluding carboxylic acids is 2. The summed E-state index contributed by atoms with van der Waals surface area (Å²) in [5.74, 6) is -0.250. The molecule has 0 saturated carbocycles. The zero-order chi connectivity index (χ0) is 15.0. The van der Waals surface area contributed by atoms with Crippen LogP contribution in [0.3, 0.4) is 0 Å². The van der Waals surface area contributed by atoms with Gasteiger partial charge in [0, 0.05) is 13.1 Å². The molecule has 1 rings (SSSR count). The van der Waals surface area contributed by atoms with Gasteiger partial charge < -0.3 is 14.4 Å². The molecule has 20 heavy (non-hydrogen) atoms.